The van der Waals surface area contributed by atoms with Gasteiger partial charge in [0.2, 0.25) is 0 Å². The van der Waals surface area contributed by atoms with Crippen LogP contribution < -0.4 is 5.73 Å². The predicted molar refractivity (Wildman–Crippen MR) is 79.7 cm³/mol. The molecule has 18 heavy (non-hydrogen) atoms. The second-order valence-corrected chi connectivity index (χ2v) is 6.01. The lowest BCUT2D eigenvalue weighted by Gasteiger charge is -2.09. The maximum atomic E-state index is 5.99. The van der Waals surface area contributed by atoms with E-state index in [-0.39, 0.29) is 6.04 Å². The third-order valence-corrected chi connectivity index (χ3v) is 4.10. The Morgan fingerprint density at radius 2 is 1.94 bits per heavy atom. The molecule has 0 aliphatic heterocycles. The molecule has 1 aromatic heterocycles. The number of benzene rings is 1. The van der Waals surface area contributed by atoms with Crippen LogP contribution in [0.2, 0.25) is 0 Å². The molecular formula is C14H15BrN2S. The summed E-state index contributed by atoms with van der Waals surface area (Å²) in [6, 6.07) is 12.5. The van der Waals surface area contributed by atoms with Gasteiger partial charge in [-0.15, -0.1) is 0 Å². The van der Waals surface area contributed by atoms with Crippen LogP contribution in [0.5, 0.6) is 0 Å². The molecule has 2 N–H and O–H groups in total. The molecule has 2 aromatic rings. The molecule has 1 aromatic carbocycles. The molecule has 94 valence electrons. The molecule has 0 amide bonds. The zero-order valence-electron chi connectivity index (χ0n) is 10.1. The van der Waals surface area contributed by atoms with Gasteiger partial charge in [-0.3, -0.25) is 0 Å². The van der Waals surface area contributed by atoms with Crippen LogP contribution in [0.3, 0.4) is 0 Å². The van der Waals surface area contributed by atoms with Crippen LogP contribution in [-0.4, -0.2) is 4.98 Å². The second kappa shape index (κ2) is 6.36. The van der Waals surface area contributed by atoms with Crippen molar-refractivity contribution in [2.75, 3.05) is 0 Å². The Labute approximate surface area is 120 Å². The highest BCUT2D eigenvalue weighted by molar-refractivity contribution is 9.10. The van der Waals surface area contributed by atoms with Gasteiger partial charge in [0.15, 0.2) is 0 Å². The molecular weight excluding hydrogens is 308 g/mol. The topological polar surface area (TPSA) is 38.9 Å². The third kappa shape index (κ3) is 3.57. The molecule has 4 heteroatoms. The van der Waals surface area contributed by atoms with Crippen LogP contribution in [-0.2, 0) is 0 Å². The summed E-state index contributed by atoms with van der Waals surface area (Å²) in [5.74, 6) is 0. The van der Waals surface area contributed by atoms with Crippen molar-refractivity contribution in [2.45, 2.75) is 29.3 Å². The first kappa shape index (κ1) is 13.6. The van der Waals surface area contributed by atoms with Crippen LogP contribution in [0.4, 0.5) is 0 Å². The van der Waals surface area contributed by atoms with Crippen molar-refractivity contribution in [3.8, 4) is 0 Å². The zero-order chi connectivity index (χ0) is 13.0. The van der Waals surface area contributed by atoms with Crippen LogP contribution in [0, 0.1) is 0 Å². The van der Waals surface area contributed by atoms with E-state index in [9.17, 15) is 0 Å². The van der Waals surface area contributed by atoms with E-state index >= 15 is 0 Å². The van der Waals surface area contributed by atoms with E-state index in [1.165, 1.54) is 10.5 Å². The van der Waals surface area contributed by atoms with Crippen molar-refractivity contribution in [1.82, 2.24) is 4.98 Å². The fraction of sp³-hybridized carbons (Fsp3) is 0.214. The van der Waals surface area contributed by atoms with Gasteiger partial charge in [0.1, 0.15) is 5.03 Å². The van der Waals surface area contributed by atoms with Crippen molar-refractivity contribution in [3.05, 3.63) is 52.6 Å². The van der Waals surface area contributed by atoms with Gasteiger partial charge < -0.3 is 5.73 Å². The highest BCUT2D eigenvalue weighted by Gasteiger charge is 2.04. The molecule has 0 spiro atoms. The number of rotatable bonds is 4. The van der Waals surface area contributed by atoms with Gasteiger partial charge in [-0.05, 0) is 52.2 Å². The van der Waals surface area contributed by atoms with Crippen LogP contribution in [0.15, 0.2) is 57.0 Å². The summed E-state index contributed by atoms with van der Waals surface area (Å²) in [4.78, 5) is 5.52. The first-order chi connectivity index (χ1) is 8.69. The highest BCUT2D eigenvalue weighted by atomic mass is 79.9. The highest BCUT2D eigenvalue weighted by Crippen LogP contribution is 2.27. The summed E-state index contributed by atoms with van der Waals surface area (Å²) < 4.78 is 0.996. The van der Waals surface area contributed by atoms with Gasteiger partial charge in [0, 0.05) is 21.6 Å². The summed E-state index contributed by atoms with van der Waals surface area (Å²) in [5.41, 5.74) is 7.17. The first-order valence-corrected chi connectivity index (χ1v) is 7.45. The maximum absolute atomic E-state index is 5.99. The second-order valence-electron chi connectivity index (χ2n) is 4.00. The normalized spacial score (nSPS) is 12.4. The monoisotopic (exact) mass is 322 g/mol. The van der Waals surface area contributed by atoms with Crippen molar-refractivity contribution >= 4 is 27.7 Å². The van der Waals surface area contributed by atoms with Crippen molar-refractivity contribution < 1.29 is 0 Å². The smallest absolute Gasteiger partial charge is 0.101 e. The van der Waals surface area contributed by atoms with Crippen LogP contribution >= 0.6 is 27.7 Å². The van der Waals surface area contributed by atoms with E-state index in [0.717, 1.165) is 15.9 Å². The largest absolute Gasteiger partial charge is 0.324 e. The molecule has 0 aliphatic carbocycles. The minimum atomic E-state index is 0.134. The molecule has 0 aliphatic rings. The fourth-order valence-electron chi connectivity index (χ4n) is 1.56. The van der Waals surface area contributed by atoms with E-state index in [4.69, 9.17) is 5.73 Å². The summed E-state index contributed by atoms with van der Waals surface area (Å²) in [6.07, 6.45) is 2.77. The van der Waals surface area contributed by atoms with E-state index in [0.29, 0.717) is 0 Å². The molecule has 0 saturated heterocycles. The van der Waals surface area contributed by atoms with E-state index in [1.807, 2.05) is 18.3 Å². The molecule has 0 bridgehead atoms. The number of halogens is 1. The Bertz CT molecular complexity index is 496. The Morgan fingerprint density at radius 1 is 1.22 bits per heavy atom. The Balaban J connectivity index is 2.08. The number of pyridine rings is 1. The fourth-order valence-corrected chi connectivity index (χ4v) is 2.55. The molecule has 0 unspecified atom stereocenters. The van der Waals surface area contributed by atoms with Gasteiger partial charge in [-0.25, -0.2) is 4.98 Å². The lowest BCUT2D eigenvalue weighted by Crippen LogP contribution is -2.07. The van der Waals surface area contributed by atoms with Crippen LogP contribution in [0.1, 0.15) is 24.9 Å². The third-order valence-electron chi connectivity index (χ3n) is 2.67. The van der Waals surface area contributed by atoms with E-state index in [1.54, 1.807) is 11.8 Å². The minimum absolute atomic E-state index is 0.134. The number of aromatic nitrogens is 1. The van der Waals surface area contributed by atoms with Gasteiger partial charge in [-0.2, -0.15) is 0 Å². The average Bonchev–Trinajstić information content (AvgIpc) is 2.41. The lowest BCUT2D eigenvalue weighted by atomic mass is 10.1. The first-order valence-electron chi connectivity index (χ1n) is 5.84. The number of hydrogen-bond acceptors (Lipinski definition) is 3. The number of hydrogen-bond donors (Lipinski definition) is 1. The van der Waals surface area contributed by atoms with E-state index < -0.39 is 0 Å². The van der Waals surface area contributed by atoms with Gasteiger partial charge in [0.25, 0.3) is 0 Å². The van der Waals surface area contributed by atoms with E-state index in [2.05, 4.69) is 52.1 Å². The quantitative estimate of drug-likeness (QED) is 0.906. The Morgan fingerprint density at radius 3 is 2.50 bits per heavy atom. The molecule has 0 radical (unpaired) electrons. The average molecular weight is 323 g/mol. The molecule has 2 rings (SSSR count). The standard InChI is InChI=1S/C14H15BrN2S/c1-2-13(16)10-3-6-12(7-4-10)18-14-8-5-11(15)9-17-14/h3-9,13H,2,16H2,1H3/t13-/m0/s1. The Hall–Kier alpha value is -0.840. The maximum Gasteiger partial charge on any atom is 0.101 e. The van der Waals surface area contributed by atoms with Gasteiger partial charge in [0.05, 0.1) is 0 Å². The number of nitrogens with zero attached hydrogens (tertiary/aromatic N) is 1. The molecule has 1 heterocycles. The summed E-state index contributed by atoms with van der Waals surface area (Å²) >= 11 is 5.03. The SMILES string of the molecule is CC[C@H](N)c1ccc(Sc2ccc(Br)cn2)cc1. The van der Waals surface area contributed by atoms with Crippen LogP contribution in [0.25, 0.3) is 0 Å². The van der Waals surface area contributed by atoms with Crippen molar-refractivity contribution in [3.63, 3.8) is 0 Å². The number of nitrogens with two attached hydrogens (primary N) is 1. The van der Waals surface area contributed by atoms with Crippen molar-refractivity contribution in [2.24, 2.45) is 5.73 Å². The predicted octanol–water partition coefficient (Wildman–Crippen LogP) is 4.41. The van der Waals surface area contributed by atoms with Gasteiger partial charge in [-0.1, -0.05) is 30.8 Å². The Kier molecular flexibility index (Phi) is 4.80. The molecule has 0 saturated carbocycles. The molecule has 2 nitrogen and oxygen atoms in total. The van der Waals surface area contributed by atoms with Gasteiger partial charge >= 0.3 is 0 Å². The molecule has 1 atom stereocenters. The minimum Gasteiger partial charge on any atom is -0.324 e. The molecule has 0 fully saturated rings. The summed E-state index contributed by atoms with van der Waals surface area (Å²) in [6.45, 7) is 2.10. The summed E-state index contributed by atoms with van der Waals surface area (Å²) in [5, 5.41) is 0.991. The lowest BCUT2D eigenvalue weighted by molar-refractivity contribution is 0.698. The van der Waals surface area contributed by atoms with Crippen molar-refractivity contribution in [1.29, 1.82) is 0 Å². The zero-order valence-corrected chi connectivity index (χ0v) is 12.5. The summed E-state index contributed by atoms with van der Waals surface area (Å²) in [7, 11) is 0.